The topological polar surface area (TPSA) is 126 Å². The van der Waals surface area contributed by atoms with Gasteiger partial charge in [-0.1, -0.05) is 12.1 Å². The fourth-order valence-electron chi connectivity index (χ4n) is 4.54. The molecule has 3 heterocycles. The number of carbonyl (C=O) groups excluding carboxylic acids is 2. The fourth-order valence-corrected chi connectivity index (χ4v) is 4.54. The van der Waals surface area contributed by atoms with Crippen LogP contribution in [0.3, 0.4) is 0 Å². The molecule has 2 atom stereocenters. The van der Waals surface area contributed by atoms with Gasteiger partial charge in [0, 0.05) is 40.2 Å². The minimum absolute atomic E-state index is 0.193. The first-order valence-corrected chi connectivity index (χ1v) is 10.6. The number of aromatic nitrogens is 2. The average molecular weight is 445 g/mol. The molecule has 4 rings (SSSR count). The predicted octanol–water partition coefficient (Wildman–Crippen LogP) is 0.128. The highest BCUT2D eigenvalue weighted by atomic mass is 16.5. The van der Waals surface area contributed by atoms with Crippen LogP contribution in [-0.4, -0.2) is 81.3 Å². The van der Waals surface area contributed by atoms with Gasteiger partial charge in [0.2, 0.25) is 11.8 Å². The van der Waals surface area contributed by atoms with Crippen molar-refractivity contribution < 1.29 is 24.2 Å². The van der Waals surface area contributed by atoms with E-state index in [1.807, 2.05) is 18.2 Å². The lowest BCUT2D eigenvalue weighted by atomic mass is 10.1. The van der Waals surface area contributed by atoms with Crippen LogP contribution in [0.4, 0.5) is 4.79 Å². The minimum atomic E-state index is -1.000. The average Bonchev–Trinajstić information content (AvgIpc) is 3.00. The number of para-hydroxylation sites is 1. The van der Waals surface area contributed by atoms with Crippen molar-refractivity contribution in [2.45, 2.75) is 31.5 Å². The molecule has 1 aromatic heterocycles. The van der Waals surface area contributed by atoms with E-state index >= 15 is 0 Å². The summed E-state index contributed by atoms with van der Waals surface area (Å²) in [4.78, 5) is 51.5. The fraction of sp³-hybridized carbons (Fsp3) is 0.524. The van der Waals surface area contributed by atoms with Crippen LogP contribution in [0, 0.1) is 0 Å². The Morgan fingerprint density at radius 2 is 2.09 bits per heavy atom. The Balaban J connectivity index is 1.61. The molecule has 2 fully saturated rings. The van der Waals surface area contributed by atoms with E-state index in [9.17, 15) is 19.2 Å². The first-order valence-electron chi connectivity index (χ1n) is 10.6. The van der Waals surface area contributed by atoms with Gasteiger partial charge in [-0.2, -0.15) is 0 Å². The van der Waals surface area contributed by atoms with Gasteiger partial charge in [0.25, 0.3) is 0 Å². The van der Waals surface area contributed by atoms with Crippen LogP contribution in [-0.2, 0) is 27.9 Å². The van der Waals surface area contributed by atoms with E-state index in [1.54, 1.807) is 11.6 Å². The zero-order valence-electron chi connectivity index (χ0n) is 18.1. The van der Waals surface area contributed by atoms with Crippen molar-refractivity contribution >= 4 is 28.9 Å². The van der Waals surface area contributed by atoms with Crippen molar-refractivity contribution in [3.05, 3.63) is 34.2 Å². The molecular formula is C21H27N5O6. The van der Waals surface area contributed by atoms with Crippen LogP contribution < -0.4 is 11.0 Å². The summed E-state index contributed by atoms with van der Waals surface area (Å²) in [6, 6.07) is 4.90. The summed E-state index contributed by atoms with van der Waals surface area (Å²) in [6.45, 7) is 2.58. The Bertz CT molecular complexity index is 1120. The molecule has 0 bridgehead atoms. The van der Waals surface area contributed by atoms with Gasteiger partial charge >= 0.3 is 11.8 Å². The van der Waals surface area contributed by atoms with Gasteiger partial charge in [0.05, 0.1) is 30.3 Å². The maximum atomic E-state index is 13.1. The summed E-state index contributed by atoms with van der Waals surface area (Å²) >= 11 is 0. The quantitative estimate of drug-likeness (QED) is 0.627. The standard InChI is InChI=1S/C21H27N5O6/c1-23(21(30)31)11-14-12-25(8-9-32-14)10-13-4-3-5-15-18(13)24(2)20(29)26(15)16-6-7-17(27)22-19(16)28/h3-5,14,16H,6-12H2,1-2H3,(H,30,31)(H,22,27,28)/t14-,16?/m1/s1. The molecule has 3 amide bonds. The van der Waals surface area contributed by atoms with E-state index in [1.165, 1.54) is 16.5 Å². The Labute approximate surface area is 184 Å². The number of hydrogen-bond acceptors (Lipinski definition) is 6. The van der Waals surface area contributed by atoms with Crippen molar-refractivity contribution in [3.8, 4) is 0 Å². The molecule has 2 aliphatic heterocycles. The number of benzene rings is 1. The van der Waals surface area contributed by atoms with Crippen LogP contribution in [0.2, 0.25) is 0 Å². The number of hydrogen-bond donors (Lipinski definition) is 2. The SMILES string of the molecule is CN(C[C@@H]1CN(Cc2cccc3c2n(C)c(=O)n3C2CCC(=O)NC2=O)CCO1)C(=O)O. The van der Waals surface area contributed by atoms with E-state index in [-0.39, 0.29) is 37.1 Å². The summed E-state index contributed by atoms with van der Waals surface area (Å²) in [5.74, 6) is -0.782. The number of fused-ring (bicyclic) bond motifs is 1. The zero-order valence-corrected chi connectivity index (χ0v) is 18.1. The Morgan fingerprint density at radius 3 is 2.81 bits per heavy atom. The third kappa shape index (κ3) is 4.13. The molecule has 1 aromatic carbocycles. The normalized spacial score (nSPS) is 22.2. The molecule has 2 N–H and O–H groups in total. The lowest BCUT2D eigenvalue weighted by molar-refractivity contribution is -0.135. The van der Waals surface area contributed by atoms with Crippen molar-refractivity contribution in [2.75, 3.05) is 33.3 Å². The largest absolute Gasteiger partial charge is 0.465 e. The Hall–Kier alpha value is -3.18. The van der Waals surface area contributed by atoms with Crippen molar-refractivity contribution in [1.29, 1.82) is 0 Å². The molecule has 172 valence electrons. The van der Waals surface area contributed by atoms with Crippen LogP contribution >= 0.6 is 0 Å². The molecule has 1 unspecified atom stereocenters. The Kier molecular flexibility index (Phi) is 6.02. The van der Waals surface area contributed by atoms with Gasteiger partial charge in [-0.15, -0.1) is 0 Å². The number of aryl methyl sites for hydroxylation is 1. The van der Waals surface area contributed by atoms with Crippen LogP contribution in [0.15, 0.2) is 23.0 Å². The predicted molar refractivity (Wildman–Crippen MR) is 114 cm³/mol. The summed E-state index contributed by atoms with van der Waals surface area (Å²) in [5, 5.41) is 11.4. The first-order chi connectivity index (χ1) is 15.3. The smallest absolute Gasteiger partial charge is 0.407 e. The molecule has 0 spiro atoms. The number of ether oxygens (including phenoxy) is 1. The van der Waals surface area contributed by atoms with Crippen molar-refractivity contribution in [3.63, 3.8) is 0 Å². The number of imidazole rings is 1. The summed E-state index contributed by atoms with van der Waals surface area (Å²) in [5.41, 5.74) is 2.03. The number of likely N-dealkylation sites (N-methyl/N-ethyl adjacent to an activating group) is 1. The highest BCUT2D eigenvalue weighted by molar-refractivity contribution is 6.00. The third-order valence-corrected chi connectivity index (χ3v) is 6.13. The lowest BCUT2D eigenvalue weighted by Crippen LogP contribution is -2.47. The monoisotopic (exact) mass is 445 g/mol. The third-order valence-electron chi connectivity index (χ3n) is 6.13. The lowest BCUT2D eigenvalue weighted by Gasteiger charge is -2.34. The van der Waals surface area contributed by atoms with Gasteiger partial charge in [-0.25, -0.2) is 9.59 Å². The van der Waals surface area contributed by atoms with Gasteiger partial charge in [0.15, 0.2) is 0 Å². The van der Waals surface area contributed by atoms with Gasteiger partial charge < -0.3 is 14.7 Å². The molecular weight excluding hydrogens is 418 g/mol. The van der Waals surface area contributed by atoms with Crippen molar-refractivity contribution in [1.82, 2.24) is 24.3 Å². The minimum Gasteiger partial charge on any atom is -0.465 e. The molecule has 2 aliphatic rings. The van der Waals surface area contributed by atoms with E-state index in [0.29, 0.717) is 31.8 Å². The maximum absolute atomic E-state index is 13.1. The number of carboxylic acid groups (broad SMARTS) is 1. The summed E-state index contributed by atoms with van der Waals surface area (Å²) in [7, 11) is 3.19. The van der Waals surface area contributed by atoms with Crippen LogP contribution in [0.5, 0.6) is 0 Å². The van der Waals surface area contributed by atoms with Gasteiger partial charge in [0.1, 0.15) is 6.04 Å². The van der Waals surface area contributed by atoms with Crippen molar-refractivity contribution in [2.24, 2.45) is 7.05 Å². The second-order valence-corrected chi connectivity index (χ2v) is 8.35. The van der Waals surface area contributed by atoms with E-state index in [0.717, 1.165) is 11.1 Å². The van der Waals surface area contributed by atoms with Gasteiger partial charge in [-0.05, 0) is 18.1 Å². The molecule has 0 aliphatic carbocycles. The van der Waals surface area contributed by atoms with Crippen LogP contribution in [0.25, 0.3) is 11.0 Å². The number of piperidine rings is 1. The number of nitrogens with zero attached hydrogens (tertiary/aromatic N) is 4. The number of rotatable bonds is 5. The molecule has 0 radical (unpaired) electrons. The summed E-state index contributed by atoms with van der Waals surface area (Å²) in [6.07, 6.45) is -0.754. The maximum Gasteiger partial charge on any atom is 0.407 e. The Morgan fingerprint density at radius 1 is 1.31 bits per heavy atom. The number of morpholine rings is 1. The van der Waals surface area contributed by atoms with Crippen LogP contribution in [0.1, 0.15) is 24.4 Å². The number of nitrogens with one attached hydrogen (secondary N) is 1. The second-order valence-electron chi connectivity index (χ2n) is 8.35. The second kappa shape index (κ2) is 8.75. The molecule has 11 nitrogen and oxygen atoms in total. The van der Waals surface area contributed by atoms with E-state index in [2.05, 4.69) is 10.2 Å². The molecule has 32 heavy (non-hydrogen) atoms. The molecule has 2 aromatic rings. The highest BCUT2D eigenvalue weighted by Gasteiger charge is 2.32. The first kappa shape index (κ1) is 22.0. The van der Waals surface area contributed by atoms with E-state index < -0.39 is 18.0 Å². The highest BCUT2D eigenvalue weighted by Crippen LogP contribution is 2.26. The number of amides is 3. The molecule has 2 saturated heterocycles. The number of imide groups is 1. The molecule has 11 heteroatoms. The zero-order chi connectivity index (χ0) is 23.0. The van der Waals surface area contributed by atoms with Gasteiger partial charge in [-0.3, -0.25) is 28.9 Å². The molecule has 0 saturated carbocycles. The number of carbonyl (C=O) groups is 3. The van der Waals surface area contributed by atoms with E-state index in [4.69, 9.17) is 9.84 Å². The summed E-state index contributed by atoms with van der Waals surface area (Å²) < 4.78 is 8.75.